The van der Waals surface area contributed by atoms with Crippen molar-refractivity contribution in [3.63, 3.8) is 0 Å². The molecule has 0 fully saturated rings. The third kappa shape index (κ3) is 4.89. The van der Waals surface area contributed by atoms with Crippen molar-refractivity contribution in [2.45, 2.75) is 18.9 Å². The second-order valence-corrected chi connectivity index (χ2v) is 3.95. The van der Waals surface area contributed by atoms with Crippen LogP contribution in [0.4, 0.5) is 0 Å². The van der Waals surface area contributed by atoms with Crippen molar-refractivity contribution in [2.75, 3.05) is 13.7 Å². The number of nitrogens with one attached hydrogen (secondary N) is 1. The SMILES string of the molecule is COC(=O)C(C)NC(=O)C(CN)c1ccccc1.Cl. The number of carbonyl (C=O) groups is 2. The highest BCUT2D eigenvalue weighted by molar-refractivity contribution is 5.88. The molecule has 1 rings (SSSR count). The van der Waals surface area contributed by atoms with Gasteiger partial charge in [-0.1, -0.05) is 30.3 Å². The van der Waals surface area contributed by atoms with Crippen LogP contribution in [-0.4, -0.2) is 31.6 Å². The molecule has 1 aromatic carbocycles. The Bertz CT molecular complexity index is 412. The Labute approximate surface area is 118 Å². The lowest BCUT2D eigenvalue weighted by Crippen LogP contribution is -2.43. The summed E-state index contributed by atoms with van der Waals surface area (Å²) in [7, 11) is 1.28. The Morgan fingerprint density at radius 1 is 1.32 bits per heavy atom. The fourth-order valence-electron chi connectivity index (χ4n) is 1.63. The number of hydrogen-bond donors (Lipinski definition) is 2. The predicted molar refractivity (Wildman–Crippen MR) is 75.1 cm³/mol. The van der Waals surface area contributed by atoms with Crippen LogP contribution >= 0.6 is 12.4 Å². The number of rotatable bonds is 5. The van der Waals surface area contributed by atoms with E-state index in [1.165, 1.54) is 7.11 Å². The molecule has 3 N–H and O–H groups in total. The maximum Gasteiger partial charge on any atom is 0.328 e. The molecule has 5 nitrogen and oxygen atoms in total. The smallest absolute Gasteiger partial charge is 0.328 e. The molecular formula is C13H19ClN2O3. The Morgan fingerprint density at radius 3 is 2.37 bits per heavy atom. The van der Waals surface area contributed by atoms with Crippen molar-refractivity contribution in [1.82, 2.24) is 5.32 Å². The van der Waals surface area contributed by atoms with Gasteiger partial charge < -0.3 is 15.8 Å². The van der Waals surface area contributed by atoms with Crippen molar-refractivity contribution in [1.29, 1.82) is 0 Å². The summed E-state index contributed by atoms with van der Waals surface area (Å²) in [6, 6.07) is 8.54. The largest absolute Gasteiger partial charge is 0.467 e. The monoisotopic (exact) mass is 286 g/mol. The normalized spacial score (nSPS) is 12.8. The van der Waals surface area contributed by atoms with Gasteiger partial charge in [0.05, 0.1) is 13.0 Å². The molecule has 0 bridgehead atoms. The number of nitrogens with two attached hydrogens (primary N) is 1. The lowest BCUT2D eigenvalue weighted by molar-refractivity contribution is -0.144. The van der Waals surface area contributed by atoms with Crippen LogP contribution in [0.2, 0.25) is 0 Å². The molecular weight excluding hydrogens is 268 g/mol. The molecule has 1 aromatic rings. The number of ether oxygens (including phenoxy) is 1. The Morgan fingerprint density at radius 2 is 1.89 bits per heavy atom. The molecule has 0 aliphatic carbocycles. The first kappa shape index (κ1) is 17.4. The van der Waals surface area contributed by atoms with E-state index in [0.29, 0.717) is 0 Å². The molecule has 0 aromatic heterocycles. The number of amides is 1. The minimum atomic E-state index is -0.680. The Balaban J connectivity index is 0.00000324. The van der Waals surface area contributed by atoms with Crippen LogP contribution < -0.4 is 11.1 Å². The van der Waals surface area contributed by atoms with Gasteiger partial charge in [0.25, 0.3) is 0 Å². The highest BCUT2D eigenvalue weighted by Gasteiger charge is 2.23. The van der Waals surface area contributed by atoms with Gasteiger partial charge in [-0.25, -0.2) is 4.79 Å². The van der Waals surface area contributed by atoms with Crippen molar-refractivity contribution in [2.24, 2.45) is 5.73 Å². The first-order valence-corrected chi connectivity index (χ1v) is 5.73. The third-order valence-electron chi connectivity index (χ3n) is 2.67. The van der Waals surface area contributed by atoms with Gasteiger partial charge in [0.15, 0.2) is 0 Å². The first-order valence-electron chi connectivity index (χ1n) is 5.73. The summed E-state index contributed by atoms with van der Waals surface area (Å²) in [6.07, 6.45) is 0. The zero-order valence-electron chi connectivity index (χ0n) is 11.0. The first-order chi connectivity index (χ1) is 8.60. The number of hydrogen-bond acceptors (Lipinski definition) is 4. The maximum atomic E-state index is 12.0. The fourth-order valence-corrected chi connectivity index (χ4v) is 1.63. The molecule has 0 aliphatic rings. The number of esters is 1. The summed E-state index contributed by atoms with van der Waals surface area (Å²) in [5.41, 5.74) is 6.44. The van der Waals surface area contributed by atoms with Crippen LogP contribution in [0.1, 0.15) is 18.4 Å². The van der Waals surface area contributed by atoms with Gasteiger partial charge in [-0.15, -0.1) is 12.4 Å². The highest BCUT2D eigenvalue weighted by Crippen LogP contribution is 2.14. The molecule has 2 unspecified atom stereocenters. The van der Waals surface area contributed by atoms with E-state index in [9.17, 15) is 9.59 Å². The summed E-state index contributed by atoms with van der Waals surface area (Å²) < 4.78 is 4.55. The molecule has 2 atom stereocenters. The predicted octanol–water partition coefficient (Wildman–Crippen LogP) is 0.828. The molecule has 0 spiro atoms. The van der Waals surface area contributed by atoms with Gasteiger partial charge in [-0.05, 0) is 12.5 Å². The molecule has 0 radical (unpaired) electrons. The minimum absolute atomic E-state index is 0. The second-order valence-electron chi connectivity index (χ2n) is 3.95. The standard InChI is InChI=1S/C13H18N2O3.ClH/c1-9(13(17)18-2)15-12(16)11(8-14)10-6-4-3-5-7-10;/h3-7,9,11H,8,14H2,1-2H3,(H,15,16);1H. The van der Waals surface area contributed by atoms with E-state index in [1.54, 1.807) is 6.92 Å². The molecule has 106 valence electrons. The fraction of sp³-hybridized carbons (Fsp3) is 0.385. The zero-order valence-corrected chi connectivity index (χ0v) is 11.8. The van der Waals surface area contributed by atoms with Crippen LogP contribution in [0.15, 0.2) is 30.3 Å². The Kier molecular flexibility index (Phi) is 7.79. The summed E-state index contributed by atoms with van der Waals surface area (Å²) in [5.74, 6) is -1.22. The Hall–Kier alpha value is -1.59. The molecule has 6 heteroatoms. The molecule has 0 heterocycles. The molecule has 0 saturated heterocycles. The third-order valence-corrected chi connectivity index (χ3v) is 2.67. The van der Waals surface area contributed by atoms with Crippen LogP contribution in [0, 0.1) is 0 Å². The van der Waals surface area contributed by atoms with Crippen LogP contribution in [0.25, 0.3) is 0 Å². The van der Waals surface area contributed by atoms with Gasteiger partial charge in [-0.2, -0.15) is 0 Å². The van der Waals surface area contributed by atoms with Crippen LogP contribution in [0.5, 0.6) is 0 Å². The summed E-state index contributed by atoms with van der Waals surface area (Å²) >= 11 is 0. The van der Waals surface area contributed by atoms with E-state index < -0.39 is 17.9 Å². The minimum Gasteiger partial charge on any atom is -0.467 e. The van der Waals surface area contributed by atoms with E-state index >= 15 is 0 Å². The summed E-state index contributed by atoms with van der Waals surface area (Å²) in [5, 5.41) is 2.59. The van der Waals surface area contributed by atoms with Crippen LogP contribution in [-0.2, 0) is 14.3 Å². The van der Waals surface area contributed by atoms with E-state index in [2.05, 4.69) is 10.1 Å². The average Bonchev–Trinajstić information content (AvgIpc) is 2.39. The molecule has 0 saturated carbocycles. The molecule has 19 heavy (non-hydrogen) atoms. The number of carbonyl (C=O) groups excluding carboxylic acids is 2. The van der Waals surface area contributed by atoms with Gasteiger partial charge >= 0.3 is 5.97 Å². The second kappa shape index (κ2) is 8.50. The summed E-state index contributed by atoms with van der Waals surface area (Å²) in [6.45, 7) is 1.76. The van der Waals surface area contributed by atoms with Crippen molar-refractivity contribution in [3.8, 4) is 0 Å². The number of benzene rings is 1. The van der Waals surface area contributed by atoms with Gasteiger partial charge in [0.2, 0.25) is 5.91 Å². The maximum absolute atomic E-state index is 12.0. The van der Waals surface area contributed by atoms with E-state index in [4.69, 9.17) is 5.73 Å². The average molecular weight is 287 g/mol. The van der Waals surface area contributed by atoms with Gasteiger partial charge in [0.1, 0.15) is 6.04 Å². The topological polar surface area (TPSA) is 81.4 Å². The van der Waals surface area contributed by atoms with E-state index in [1.807, 2.05) is 30.3 Å². The molecule has 1 amide bonds. The number of methoxy groups -OCH3 is 1. The quantitative estimate of drug-likeness (QED) is 0.786. The number of halogens is 1. The van der Waals surface area contributed by atoms with Gasteiger partial charge in [0, 0.05) is 6.54 Å². The summed E-state index contributed by atoms with van der Waals surface area (Å²) in [4.78, 5) is 23.2. The van der Waals surface area contributed by atoms with Crippen molar-refractivity contribution >= 4 is 24.3 Å². The highest BCUT2D eigenvalue weighted by atomic mass is 35.5. The van der Waals surface area contributed by atoms with Gasteiger partial charge in [-0.3, -0.25) is 4.79 Å². The zero-order chi connectivity index (χ0) is 13.5. The van der Waals surface area contributed by atoms with E-state index in [0.717, 1.165) is 5.56 Å². The van der Waals surface area contributed by atoms with Crippen molar-refractivity contribution in [3.05, 3.63) is 35.9 Å². The van der Waals surface area contributed by atoms with Crippen molar-refractivity contribution < 1.29 is 14.3 Å². The lowest BCUT2D eigenvalue weighted by Gasteiger charge is -2.18. The lowest BCUT2D eigenvalue weighted by atomic mass is 9.98. The molecule has 0 aliphatic heterocycles. The van der Waals surface area contributed by atoms with Crippen LogP contribution in [0.3, 0.4) is 0 Å². The van der Waals surface area contributed by atoms with E-state index in [-0.39, 0.29) is 24.9 Å².